The van der Waals surface area contributed by atoms with Gasteiger partial charge in [0.2, 0.25) is 0 Å². The summed E-state index contributed by atoms with van der Waals surface area (Å²) in [7, 11) is 0. The fourth-order valence-corrected chi connectivity index (χ4v) is 3.20. The number of nitrogens with one attached hydrogen (secondary N) is 2. The van der Waals surface area contributed by atoms with Crippen molar-refractivity contribution in [1.29, 1.82) is 0 Å². The first-order valence-electron chi connectivity index (χ1n) is 7.94. The van der Waals surface area contributed by atoms with Gasteiger partial charge in [-0.25, -0.2) is 4.79 Å². The van der Waals surface area contributed by atoms with Crippen LogP contribution in [0, 0.1) is 5.92 Å². The molecule has 2 amide bonds. The molecule has 0 atom stereocenters. The van der Waals surface area contributed by atoms with Crippen LogP contribution in [0.1, 0.15) is 52.4 Å². The number of hydrogen-bond donors (Lipinski definition) is 2. The summed E-state index contributed by atoms with van der Waals surface area (Å²) in [6.45, 7) is 7.35. The van der Waals surface area contributed by atoms with Crippen molar-refractivity contribution in [2.45, 2.75) is 64.5 Å². The molecule has 110 valence electrons. The molecular weight excluding hydrogens is 238 g/mol. The Balaban J connectivity index is 1.84. The minimum atomic E-state index is 0.153. The zero-order chi connectivity index (χ0) is 13.7. The van der Waals surface area contributed by atoms with E-state index >= 15 is 0 Å². The summed E-state index contributed by atoms with van der Waals surface area (Å²) in [5.74, 6) is 0.665. The van der Waals surface area contributed by atoms with E-state index in [4.69, 9.17) is 0 Å². The maximum absolute atomic E-state index is 12.4. The predicted octanol–water partition coefficient (Wildman–Crippen LogP) is 2.35. The number of nitrogens with zero attached hydrogens (tertiary/aromatic N) is 1. The minimum Gasteiger partial charge on any atom is -0.335 e. The van der Waals surface area contributed by atoms with E-state index in [-0.39, 0.29) is 12.1 Å². The van der Waals surface area contributed by atoms with Crippen LogP contribution in [0.4, 0.5) is 4.79 Å². The summed E-state index contributed by atoms with van der Waals surface area (Å²) in [6.07, 6.45) is 7.23. The molecule has 4 heteroatoms. The average molecular weight is 267 g/mol. The number of amides is 2. The van der Waals surface area contributed by atoms with Crippen LogP contribution < -0.4 is 10.6 Å². The molecule has 19 heavy (non-hydrogen) atoms. The van der Waals surface area contributed by atoms with Crippen LogP contribution in [0.25, 0.3) is 0 Å². The number of piperidine rings is 1. The summed E-state index contributed by atoms with van der Waals surface area (Å²) in [5.41, 5.74) is 0. The molecule has 0 bridgehead atoms. The molecule has 1 saturated carbocycles. The fourth-order valence-electron chi connectivity index (χ4n) is 3.20. The molecule has 1 saturated heterocycles. The Bertz CT molecular complexity index is 281. The highest BCUT2D eigenvalue weighted by Gasteiger charge is 2.25. The van der Waals surface area contributed by atoms with Crippen LogP contribution >= 0.6 is 0 Å². The summed E-state index contributed by atoms with van der Waals surface area (Å²) in [6, 6.07) is 0.860. The molecule has 0 aromatic rings. The summed E-state index contributed by atoms with van der Waals surface area (Å²) in [4.78, 5) is 14.4. The van der Waals surface area contributed by atoms with Crippen LogP contribution in [0.15, 0.2) is 0 Å². The second-order valence-corrected chi connectivity index (χ2v) is 6.37. The van der Waals surface area contributed by atoms with Gasteiger partial charge in [0.1, 0.15) is 0 Å². The summed E-state index contributed by atoms with van der Waals surface area (Å²) >= 11 is 0. The van der Waals surface area contributed by atoms with Gasteiger partial charge >= 0.3 is 6.03 Å². The first kappa shape index (κ1) is 14.6. The average Bonchev–Trinajstić information content (AvgIpc) is 2.89. The Hall–Kier alpha value is -0.770. The summed E-state index contributed by atoms with van der Waals surface area (Å²) in [5, 5.41) is 6.61. The van der Waals surface area contributed by atoms with Gasteiger partial charge in [-0.05, 0) is 58.5 Å². The van der Waals surface area contributed by atoms with Gasteiger partial charge in [0.05, 0.1) is 0 Å². The Kier molecular flexibility index (Phi) is 5.49. The normalized spacial score (nSPS) is 21.8. The molecule has 0 radical (unpaired) electrons. The van der Waals surface area contributed by atoms with Crippen LogP contribution in [0.5, 0.6) is 0 Å². The number of rotatable bonds is 4. The number of urea groups is 1. The molecule has 0 aromatic carbocycles. The lowest BCUT2D eigenvalue weighted by molar-refractivity contribution is 0.159. The molecule has 2 aliphatic rings. The van der Waals surface area contributed by atoms with Gasteiger partial charge in [-0.2, -0.15) is 0 Å². The highest BCUT2D eigenvalue weighted by molar-refractivity contribution is 5.74. The van der Waals surface area contributed by atoms with E-state index in [1.165, 1.54) is 25.7 Å². The first-order chi connectivity index (χ1) is 9.16. The van der Waals surface area contributed by atoms with E-state index in [1.807, 2.05) is 4.90 Å². The van der Waals surface area contributed by atoms with Gasteiger partial charge in [-0.3, -0.25) is 0 Å². The van der Waals surface area contributed by atoms with E-state index in [0.29, 0.717) is 12.0 Å². The second-order valence-electron chi connectivity index (χ2n) is 6.37. The molecular formula is C15H29N3O. The third kappa shape index (κ3) is 4.37. The lowest BCUT2D eigenvalue weighted by atomic mass is 9.97. The Morgan fingerprint density at radius 1 is 1.21 bits per heavy atom. The molecule has 1 aliphatic heterocycles. The van der Waals surface area contributed by atoms with Gasteiger partial charge in [0.15, 0.2) is 0 Å². The molecule has 2 fully saturated rings. The van der Waals surface area contributed by atoms with Crippen molar-refractivity contribution in [1.82, 2.24) is 15.5 Å². The SMILES string of the molecule is CC(C)N(CC1CCNCC1)C(=O)NC1CCCC1. The lowest BCUT2D eigenvalue weighted by Crippen LogP contribution is -2.49. The second kappa shape index (κ2) is 7.13. The Morgan fingerprint density at radius 3 is 2.42 bits per heavy atom. The van der Waals surface area contributed by atoms with Crippen LogP contribution in [0.3, 0.4) is 0 Å². The van der Waals surface area contributed by atoms with E-state index in [9.17, 15) is 4.79 Å². The Morgan fingerprint density at radius 2 is 1.84 bits per heavy atom. The third-order valence-corrected chi connectivity index (χ3v) is 4.48. The molecule has 2 rings (SSSR count). The van der Waals surface area contributed by atoms with Crippen LogP contribution in [-0.2, 0) is 0 Å². The van der Waals surface area contributed by atoms with Crippen molar-refractivity contribution in [2.75, 3.05) is 19.6 Å². The first-order valence-corrected chi connectivity index (χ1v) is 7.94. The van der Waals surface area contributed by atoms with Gasteiger partial charge in [0.25, 0.3) is 0 Å². The summed E-state index contributed by atoms with van der Waals surface area (Å²) < 4.78 is 0. The van der Waals surface area contributed by atoms with E-state index in [1.54, 1.807) is 0 Å². The van der Waals surface area contributed by atoms with Crippen molar-refractivity contribution in [3.05, 3.63) is 0 Å². The number of carbonyl (C=O) groups excluding carboxylic acids is 1. The van der Waals surface area contributed by atoms with E-state index in [0.717, 1.165) is 32.5 Å². The lowest BCUT2D eigenvalue weighted by Gasteiger charge is -2.33. The van der Waals surface area contributed by atoms with Gasteiger partial charge in [-0.1, -0.05) is 12.8 Å². The van der Waals surface area contributed by atoms with Gasteiger partial charge in [0, 0.05) is 18.6 Å². The van der Waals surface area contributed by atoms with Crippen molar-refractivity contribution >= 4 is 6.03 Å². The Labute approximate surface area is 117 Å². The number of carbonyl (C=O) groups is 1. The van der Waals surface area contributed by atoms with Crippen molar-refractivity contribution < 1.29 is 4.79 Å². The van der Waals surface area contributed by atoms with Crippen LogP contribution in [0.2, 0.25) is 0 Å². The third-order valence-electron chi connectivity index (χ3n) is 4.48. The largest absolute Gasteiger partial charge is 0.335 e. The monoisotopic (exact) mass is 267 g/mol. The maximum atomic E-state index is 12.4. The predicted molar refractivity (Wildman–Crippen MR) is 78.2 cm³/mol. The van der Waals surface area contributed by atoms with Crippen molar-refractivity contribution in [3.8, 4) is 0 Å². The van der Waals surface area contributed by atoms with Gasteiger partial charge < -0.3 is 15.5 Å². The molecule has 1 heterocycles. The molecule has 1 aliphatic carbocycles. The standard InChI is InChI=1S/C15H29N3O/c1-12(2)18(11-13-7-9-16-10-8-13)15(19)17-14-5-3-4-6-14/h12-14,16H,3-11H2,1-2H3,(H,17,19). The molecule has 0 spiro atoms. The molecule has 0 aromatic heterocycles. The van der Waals surface area contributed by atoms with Gasteiger partial charge in [-0.15, -0.1) is 0 Å². The highest BCUT2D eigenvalue weighted by Crippen LogP contribution is 2.19. The zero-order valence-electron chi connectivity index (χ0n) is 12.5. The molecule has 2 N–H and O–H groups in total. The fraction of sp³-hybridized carbons (Fsp3) is 0.933. The van der Waals surface area contributed by atoms with Crippen LogP contribution in [-0.4, -0.2) is 42.6 Å². The smallest absolute Gasteiger partial charge is 0.317 e. The van der Waals surface area contributed by atoms with E-state index in [2.05, 4.69) is 24.5 Å². The maximum Gasteiger partial charge on any atom is 0.317 e. The zero-order valence-corrected chi connectivity index (χ0v) is 12.5. The number of hydrogen-bond acceptors (Lipinski definition) is 2. The van der Waals surface area contributed by atoms with Crippen molar-refractivity contribution in [3.63, 3.8) is 0 Å². The molecule has 0 unspecified atom stereocenters. The quantitative estimate of drug-likeness (QED) is 0.821. The topological polar surface area (TPSA) is 44.4 Å². The highest BCUT2D eigenvalue weighted by atomic mass is 16.2. The molecule has 4 nitrogen and oxygen atoms in total. The van der Waals surface area contributed by atoms with E-state index < -0.39 is 0 Å². The van der Waals surface area contributed by atoms with Crippen molar-refractivity contribution in [2.24, 2.45) is 5.92 Å². The minimum absolute atomic E-state index is 0.153.